The normalized spacial score (nSPS) is 12.4. The Bertz CT molecular complexity index is 804. The average Bonchev–Trinajstić information content (AvgIpc) is 3.06. The third-order valence-electron chi connectivity index (χ3n) is 8.62. The van der Waals surface area contributed by atoms with Crippen LogP contribution in [0, 0.1) is 11.8 Å². The summed E-state index contributed by atoms with van der Waals surface area (Å²) >= 11 is 0. The van der Waals surface area contributed by atoms with Crippen LogP contribution in [0.25, 0.3) is 0 Å². The Morgan fingerprint density at radius 3 is 1.70 bits per heavy atom. The molecule has 272 valence electrons. The van der Waals surface area contributed by atoms with Crippen molar-refractivity contribution >= 4 is 6.09 Å². The van der Waals surface area contributed by atoms with E-state index >= 15 is 0 Å². The molecule has 0 spiro atoms. The first-order chi connectivity index (χ1) is 23.1. The number of nitrogens with zero attached hydrogens (tertiary/aromatic N) is 1. The number of unbranched alkanes of at least 4 members (excludes halogenated alkanes) is 18. The molecule has 4 heteroatoms. The Morgan fingerprint density at radius 2 is 1.13 bits per heavy atom. The van der Waals surface area contributed by atoms with Crippen LogP contribution in [-0.4, -0.2) is 44.3 Å². The van der Waals surface area contributed by atoms with Gasteiger partial charge in [-0.15, -0.1) is 5.92 Å². The first-order valence-electron chi connectivity index (χ1n) is 20.1. The summed E-state index contributed by atoms with van der Waals surface area (Å²) in [6.45, 7) is 6.15. The van der Waals surface area contributed by atoms with Gasteiger partial charge in [0.25, 0.3) is 0 Å². The molecule has 0 aliphatic heterocycles. The fraction of sp³-hybridized carbons (Fsp3) is 0.791. The molecule has 0 aromatic carbocycles. The third-order valence-corrected chi connectivity index (χ3v) is 8.62. The van der Waals surface area contributed by atoms with Crippen molar-refractivity contribution in [1.29, 1.82) is 0 Å². The van der Waals surface area contributed by atoms with Gasteiger partial charge in [0.2, 0.25) is 0 Å². The molecule has 4 nitrogen and oxygen atoms in total. The highest BCUT2D eigenvalue weighted by Crippen LogP contribution is 2.17. The highest BCUT2D eigenvalue weighted by Gasteiger charge is 2.14. The largest absolute Gasteiger partial charge is 0.446 e. The van der Waals surface area contributed by atoms with Crippen LogP contribution >= 0.6 is 0 Å². The van der Waals surface area contributed by atoms with Crippen LogP contribution in [0.15, 0.2) is 36.5 Å². The summed E-state index contributed by atoms with van der Waals surface area (Å²) in [5.74, 6) is 6.63. The van der Waals surface area contributed by atoms with E-state index in [-0.39, 0.29) is 12.2 Å². The molecule has 47 heavy (non-hydrogen) atoms. The summed E-state index contributed by atoms with van der Waals surface area (Å²) in [5.41, 5.74) is 0. The van der Waals surface area contributed by atoms with Gasteiger partial charge in [-0.3, -0.25) is 0 Å². The minimum Gasteiger partial charge on any atom is -0.446 e. The molecule has 0 saturated carbocycles. The zero-order chi connectivity index (χ0) is 34.3. The predicted molar refractivity (Wildman–Crippen MR) is 208 cm³/mol. The number of allylic oxidation sites excluding steroid dienone is 6. The van der Waals surface area contributed by atoms with Crippen molar-refractivity contribution in [1.82, 2.24) is 10.2 Å². The van der Waals surface area contributed by atoms with Gasteiger partial charge in [0, 0.05) is 19.4 Å². The molecule has 0 heterocycles. The zero-order valence-electron chi connectivity index (χ0n) is 31.8. The number of carbonyl (C=O) groups excluding carboxylic acids is 1. The second-order valence-electron chi connectivity index (χ2n) is 13.7. The number of hydrogen-bond donors (Lipinski definition) is 1. The average molecular weight is 655 g/mol. The van der Waals surface area contributed by atoms with Crippen molar-refractivity contribution in [3.05, 3.63) is 36.5 Å². The summed E-state index contributed by atoms with van der Waals surface area (Å²) in [4.78, 5) is 14.6. The zero-order valence-corrected chi connectivity index (χ0v) is 31.8. The quantitative estimate of drug-likeness (QED) is 0.0435. The Morgan fingerprint density at radius 1 is 0.617 bits per heavy atom. The Kier molecular flexibility index (Phi) is 36.8. The fourth-order valence-corrected chi connectivity index (χ4v) is 5.63. The first-order valence-corrected chi connectivity index (χ1v) is 20.1. The molecule has 0 aromatic rings. The van der Waals surface area contributed by atoms with E-state index in [0.29, 0.717) is 6.54 Å². The van der Waals surface area contributed by atoms with E-state index in [1.54, 1.807) is 0 Å². The summed E-state index contributed by atoms with van der Waals surface area (Å²) < 4.78 is 5.91. The molecular weight excluding hydrogens is 576 g/mol. The maximum absolute atomic E-state index is 12.5. The Balaban J connectivity index is 4.08. The molecule has 0 rings (SSSR count). The lowest BCUT2D eigenvalue weighted by molar-refractivity contribution is 0.0840. The number of nitrogens with one attached hydrogen (secondary N) is 1. The molecule has 0 aromatic heterocycles. The summed E-state index contributed by atoms with van der Waals surface area (Å²) in [6.07, 6.45) is 46.1. The molecule has 0 radical (unpaired) electrons. The van der Waals surface area contributed by atoms with Crippen LogP contribution in [0.2, 0.25) is 0 Å². The lowest BCUT2D eigenvalue weighted by atomic mass is 10.0. The third kappa shape index (κ3) is 38.3. The van der Waals surface area contributed by atoms with E-state index in [1.165, 1.54) is 122 Å². The van der Waals surface area contributed by atoms with E-state index in [0.717, 1.165) is 57.9 Å². The molecule has 1 amide bonds. The van der Waals surface area contributed by atoms with Crippen LogP contribution in [-0.2, 0) is 4.74 Å². The molecule has 0 bridgehead atoms. The van der Waals surface area contributed by atoms with Gasteiger partial charge in [-0.1, -0.05) is 133 Å². The van der Waals surface area contributed by atoms with Crippen molar-refractivity contribution in [3.8, 4) is 11.8 Å². The standard InChI is InChI=1S/C43H78N2O2/c1-5-7-9-11-13-15-17-19-21-23-25-27-29-31-33-35-38-42(47-43(46)44-40-37-41-45(3)4)39-36-34-32-30-28-26-24-22-20-18-16-14-12-10-8-6-2/h13-16,19,21,42H,5-12,17-18,23-41H2,1-4H3,(H,44,46)/b15-13-,16-14-,21-19-/t42-/m1/s1. The van der Waals surface area contributed by atoms with Gasteiger partial charge in [-0.25, -0.2) is 4.79 Å². The maximum Gasteiger partial charge on any atom is 0.407 e. The molecule has 0 saturated heterocycles. The van der Waals surface area contributed by atoms with Crippen molar-refractivity contribution in [2.45, 2.75) is 193 Å². The van der Waals surface area contributed by atoms with Gasteiger partial charge in [-0.2, -0.15) is 0 Å². The highest BCUT2D eigenvalue weighted by molar-refractivity contribution is 5.67. The molecule has 1 N–H and O–H groups in total. The van der Waals surface area contributed by atoms with Crippen molar-refractivity contribution < 1.29 is 9.53 Å². The monoisotopic (exact) mass is 655 g/mol. The molecule has 0 unspecified atom stereocenters. The number of rotatable bonds is 33. The van der Waals surface area contributed by atoms with Gasteiger partial charge in [0.05, 0.1) is 0 Å². The van der Waals surface area contributed by atoms with Crippen LogP contribution in [0.3, 0.4) is 0 Å². The van der Waals surface area contributed by atoms with Gasteiger partial charge < -0.3 is 15.0 Å². The Labute approximate surface area is 294 Å². The van der Waals surface area contributed by atoms with Gasteiger partial charge in [0.1, 0.15) is 6.10 Å². The summed E-state index contributed by atoms with van der Waals surface area (Å²) in [5, 5.41) is 2.97. The van der Waals surface area contributed by atoms with Gasteiger partial charge >= 0.3 is 6.09 Å². The first kappa shape index (κ1) is 45.0. The number of amides is 1. The van der Waals surface area contributed by atoms with E-state index in [9.17, 15) is 4.79 Å². The second-order valence-corrected chi connectivity index (χ2v) is 13.7. The number of ether oxygens (including phenoxy) is 1. The molecular formula is C43H78N2O2. The van der Waals surface area contributed by atoms with Crippen molar-refractivity contribution in [3.63, 3.8) is 0 Å². The van der Waals surface area contributed by atoms with Crippen LogP contribution < -0.4 is 5.32 Å². The minimum atomic E-state index is -0.234. The summed E-state index contributed by atoms with van der Waals surface area (Å²) in [7, 11) is 4.12. The number of hydrogen-bond acceptors (Lipinski definition) is 3. The predicted octanol–water partition coefficient (Wildman–Crippen LogP) is 12.9. The van der Waals surface area contributed by atoms with Crippen molar-refractivity contribution in [2.24, 2.45) is 0 Å². The van der Waals surface area contributed by atoms with E-state index < -0.39 is 0 Å². The summed E-state index contributed by atoms with van der Waals surface area (Å²) in [6, 6.07) is 0. The van der Waals surface area contributed by atoms with Crippen molar-refractivity contribution in [2.75, 3.05) is 27.2 Å². The van der Waals surface area contributed by atoms with E-state index in [4.69, 9.17) is 4.74 Å². The SMILES string of the molecule is CCCCC/C=C\CC#CCCCCCCCC[C@@H](CCCCCCCC/C=C\C/C=C\CCCCC)OC(=O)NCCCN(C)C. The second kappa shape index (κ2) is 38.5. The fourth-order valence-electron chi connectivity index (χ4n) is 5.63. The van der Waals surface area contributed by atoms with Gasteiger partial charge in [-0.05, 0) is 104 Å². The lowest BCUT2D eigenvalue weighted by Gasteiger charge is -2.19. The van der Waals surface area contributed by atoms with Gasteiger partial charge in [0.15, 0.2) is 0 Å². The van der Waals surface area contributed by atoms with Crippen LogP contribution in [0.4, 0.5) is 4.79 Å². The molecule has 1 atom stereocenters. The lowest BCUT2D eigenvalue weighted by Crippen LogP contribution is -2.31. The molecule has 0 aliphatic rings. The number of carbonyl (C=O) groups is 1. The van der Waals surface area contributed by atoms with Crippen LogP contribution in [0.5, 0.6) is 0 Å². The van der Waals surface area contributed by atoms with E-state index in [2.05, 4.69) is 86.5 Å². The Hall–Kier alpha value is -1.99. The topological polar surface area (TPSA) is 41.6 Å². The van der Waals surface area contributed by atoms with E-state index in [1.807, 2.05) is 0 Å². The highest BCUT2D eigenvalue weighted by atomic mass is 16.6. The number of alkyl carbamates (subject to hydrolysis) is 1. The maximum atomic E-state index is 12.5. The van der Waals surface area contributed by atoms with Crippen LogP contribution in [0.1, 0.15) is 187 Å². The molecule has 0 aliphatic carbocycles. The minimum absolute atomic E-state index is 0.0469. The smallest absolute Gasteiger partial charge is 0.407 e. The molecule has 0 fully saturated rings.